The highest BCUT2D eigenvalue weighted by molar-refractivity contribution is 8.00. The van der Waals surface area contributed by atoms with Gasteiger partial charge in [-0.1, -0.05) is 23.9 Å². The maximum absolute atomic E-state index is 13.4. The summed E-state index contributed by atoms with van der Waals surface area (Å²) in [4.78, 5) is 18.6. The third-order valence-electron chi connectivity index (χ3n) is 4.81. The molecular formula is C21H22FN5OS. The van der Waals surface area contributed by atoms with Crippen molar-refractivity contribution in [1.29, 1.82) is 0 Å². The highest BCUT2D eigenvalue weighted by Gasteiger charge is 2.32. The van der Waals surface area contributed by atoms with Crippen LogP contribution in [0.3, 0.4) is 0 Å². The number of rotatable bonds is 7. The molecule has 1 aliphatic carbocycles. The molecule has 0 radical (unpaired) electrons. The molecule has 1 amide bonds. The lowest BCUT2D eigenvalue weighted by Crippen LogP contribution is -2.33. The van der Waals surface area contributed by atoms with E-state index in [9.17, 15) is 9.18 Å². The molecular weight excluding hydrogens is 389 g/mol. The molecule has 2 heterocycles. The Morgan fingerprint density at radius 1 is 1.31 bits per heavy atom. The third kappa shape index (κ3) is 4.48. The molecule has 1 fully saturated rings. The summed E-state index contributed by atoms with van der Waals surface area (Å²) in [5.74, 6) is 0.453. The molecule has 1 atom stereocenters. The first-order valence-corrected chi connectivity index (χ1v) is 10.4. The number of carbonyl (C=O) groups excluding carboxylic acids is 1. The summed E-state index contributed by atoms with van der Waals surface area (Å²) in [7, 11) is 1.73. The first-order valence-electron chi connectivity index (χ1n) is 9.54. The zero-order valence-corrected chi connectivity index (χ0v) is 17.1. The molecule has 0 aliphatic heterocycles. The van der Waals surface area contributed by atoms with Crippen LogP contribution < -0.4 is 0 Å². The lowest BCUT2D eigenvalue weighted by atomic mass is 10.2. The summed E-state index contributed by atoms with van der Waals surface area (Å²) >= 11 is 1.41. The Hall–Kier alpha value is -2.74. The highest BCUT2D eigenvalue weighted by Crippen LogP contribution is 2.41. The van der Waals surface area contributed by atoms with Crippen molar-refractivity contribution in [3.05, 3.63) is 60.2 Å². The third-order valence-corrected chi connectivity index (χ3v) is 5.86. The minimum Gasteiger partial charge on any atom is -0.340 e. The average Bonchev–Trinajstić information content (AvgIpc) is 3.48. The van der Waals surface area contributed by atoms with E-state index in [1.807, 2.05) is 25.1 Å². The number of benzene rings is 1. The van der Waals surface area contributed by atoms with Crippen LogP contribution in [0.25, 0.3) is 11.4 Å². The summed E-state index contributed by atoms with van der Waals surface area (Å²) in [6.07, 6.45) is 5.67. The second kappa shape index (κ2) is 8.32. The number of nitrogens with zero attached hydrogens (tertiary/aromatic N) is 5. The Bertz CT molecular complexity index is 1010. The van der Waals surface area contributed by atoms with Crippen molar-refractivity contribution in [2.24, 2.45) is 0 Å². The second-order valence-electron chi connectivity index (χ2n) is 7.23. The molecule has 1 aliphatic rings. The largest absolute Gasteiger partial charge is 0.340 e. The Kier molecular flexibility index (Phi) is 5.62. The van der Waals surface area contributed by atoms with Gasteiger partial charge < -0.3 is 4.90 Å². The number of hydrogen-bond donors (Lipinski definition) is 0. The van der Waals surface area contributed by atoms with Gasteiger partial charge in [0, 0.05) is 37.6 Å². The van der Waals surface area contributed by atoms with Crippen molar-refractivity contribution in [2.75, 3.05) is 7.05 Å². The van der Waals surface area contributed by atoms with E-state index in [2.05, 4.69) is 19.7 Å². The molecule has 8 heteroatoms. The zero-order valence-electron chi connectivity index (χ0n) is 16.3. The summed E-state index contributed by atoms with van der Waals surface area (Å²) in [6.45, 7) is 2.22. The first-order chi connectivity index (χ1) is 14.0. The topological polar surface area (TPSA) is 63.9 Å². The lowest BCUT2D eigenvalue weighted by Gasteiger charge is -2.21. The fourth-order valence-electron chi connectivity index (χ4n) is 3.22. The number of carbonyl (C=O) groups is 1. The van der Waals surface area contributed by atoms with E-state index in [0.717, 1.165) is 34.9 Å². The molecule has 2 aromatic heterocycles. The number of aromatic nitrogens is 4. The predicted octanol–water partition coefficient (Wildman–Crippen LogP) is 3.95. The Morgan fingerprint density at radius 3 is 2.83 bits per heavy atom. The van der Waals surface area contributed by atoms with Crippen molar-refractivity contribution in [3.8, 4) is 11.4 Å². The SMILES string of the molecule is CC(Sc1nnc(-c2cccnc2)n1C1CC1)C(=O)N(C)Cc1cccc(F)c1. The van der Waals surface area contributed by atoms with Crippen molar-refractivity contribution in [3.63, 3.8) is 0 Å². The van der Waals surface area contributed by atoms with Gasteiger partial charge in [-0.2, -0.15) is 0 Å². The van der Waals surface area contributed by atoms with Crippen molar-refractivity contribution in [1.82, 2.24) is 24.6 Å². The van der Waals surface area contributed by atoms with E-state index < -0.39 is 0 Å². The van der Waals surface area contributed by atoms with Gasteiger partial charge in [0.25, 0.3) is 0 Å². The van der Waals surface area contributed by atoms with E-state index in [-0.39, 0.29) is 17.0 Å². The molecule has 0 spiro atoms. The molecule has 29 heavy (non-hydrogen) atoms. The van der Waals surface area contributed by atoms with Gasteiger partial charge >= 0.3 is 0 Å². The van der Waals surface area contributed by atoms with Crippen LogP contribution >= 0.6 is 11.8 Å². The van der Waals surface area contributed by atoms with Crippen LogP contribution in [0.4, 0.5) is 4.39 Å². The average molecular weight is 412 g/mol. The van der Waals surface area contributed by atoms with Crippen LogP contribution in [0.1, 0.15) is 31.4 Å². The van der Waals surface area contributed by atoms with Gasteiger partial charge in [0.05, 0.1) is 5.25 Å². The van der Waals surface area contributed by atoms with Gasteiger partial charge in [-0.05, 0) is 49.6 Å². The number of halogens is 1. The molecule has 6 nitrogen and oxygen atoms in total. The van der Waals surface area contributed by atoms with Gasteiger partial charge in [-0.25, -0.2) is 4.39 Å². The molecule has 0 saturated heterocycles. The summed E-state index contributed by atoms with van der Waals surface area (Å²) in [5, 5.41) is 9.13. The van der Waals surface area contributed by atoms with Gasteiger partial charge in [0.1, 0.15) is 5.82 Å². The van der Waals surface area contributed by atoms with E-state index in [1.54, 1.807) is 30.4 Å². The molecule has 3 aromatic rings. The molecule has 0 N–H and O–H groups in total. The van der Waals surface area contributed by atoms with Crippen molar-refractivity contribution < 1.29 is 9.18 Å². The summed E-state index contributed by atoms with van der Waals surface area (Å²) in [6, 6.07) is 10.5. The number of pyridine rings is 1. The maximum Gasteiger partial charge on any atom is 0.235 e. The number of thioether (sulfide) groups is 1. The van der Waals surface area contributed by atoms with E-state index in [4.69, 9.17) is 0 Å². The predicted molar refractivity (Wildman–Crippen MR) is 110 cm³/mol. The van der Waals surface area contributed by atoms with E-state index in [0.29, 0.717) is 12.6 Å². The number of hydrogen-bond acceptors (Lipinski definition) is 5. The van der Waals surface area contributed by atoms with Gasteiger partial charge in [0.15, 0.2) is 11.0 Å². The van der Waals surface area contributed by atoms with Crippen molar-refractivity contribution >= 4 is 17.7 Å². The molecule has 1 unspecified atom stereocenters. The fraction of sp³-hybridized carbons (Fsp3) is 0.333. The highest BCUT2D eigenvalue weighted by atomic mass is 32.2. The van der Waals surface area contributed by atoms with Gasteiger partial charge in [0.2, 0.25) is 5.91 Å². The van der Waals surface area contributed by atoms with Gasteiger partial charge in [-0.15, -0.1) is 10.2 Å². The van der Waals surface area contributed by atoms with Crippen LogP contribution in [0, 0.1) is 5.82 Å². The standard InChI is InChI=1S/C21H22FN5OS/c1-14(20(28)26(2)13-15-5-3-7-17(22)11-15)29-21-25-24-19(27(21)18-8-9-18)16-6-4-10-23-12-16/h3-7,10-12,14,18H,8-9,13H2,1-2H3. The van der Waals surface area contributed by atoms with Crippen LogP contribution in [0.2, 0.25) is 0 Å². The van der Waals surface area contributed by atoms with Gasteiger partial charge in [-0.3, -0.25) is 14.3 Å². The quantitative estimate of drug-likeness (QED) is 0.551. The van der Waals surface area contributed by atoms with Crippen LogP contribution in [-0.2, 0) is 11.3 Å². The monoisotopic (exact) mass is 411 g/mol. The maximum atomic E-state index is 13.4. The molecule has 1 saturated carbocycles. The normalized spacial score (nSPS) is 14.6. The Balaban J connectivity index is 1.48. The van der Waals surface area contributed by atoms with Crippen LogP contribution in [0.15, 0.2) is 53.9 Å². The van der Waals surface area contributed by atoms with Crippen molar-refractivity contribution in [2.45, 2.75) is 42.8 Å². The molecule has 0 bridgehead atoms. The van der Waals surface area contributed by atoms with Crippen LogP contribution in [-0.4, -0.2) is 42.9 Å². The minimum atomic E-state index is -0.336. The van der Waals surface area contributed by atoms with Crippen LogP contribution in [0.5, 0.6) is 0 Å². The molecule has 1 aromatic carbocycles. The Labute approximate surface area is 173 Å². The second-order valence-corrected chi connectivity index (χ2v) is 8.54. The minimum absolute atomic E-state index is 0.0347. The summed E-state index contributed by atoms with van der Waals surface area (Å²) < 4.78 is 15.5. The lowest BCUT2D eigenvalue weighted by molar-refractivity contribution is -0.129. The molecule has 4 rings (SSSR count). The number of amides is 1. The Morgan fingerprint density at radius 2 is 2.14 bits per heavy atom. The first kappa shape index (κ1) is 19.6. The fourth-order valence-corrected chi connectivity index (χ4v) is 4.25. The smallest absolute Gasteiger partial charge is 0.235 e. The molecule has 150 valence electrons. The zero-order chi connectivity index (χ0) is 20.4. The van der Waals surface area contributed by atoms with E-state index >= 15 is 0 Å². The van der Waals surface area contributed by atoms with E-state index in [1.165, 1.54) is 23.9 Å². The summed E-state index contributed by atoms with van der Waals surface area (Å²) in [5.41, 5.74) is 1.68.